The third-order valence-electron chi connectivity index (χ3n) is 2.78. The fourth-order valence-electron chi connectivity index (χ4n) is 1.74. The monoisotopic (exact) mass is 295 g/mol. The Labute approximate surface area is 125 Å². The second-order valence-electron chi connectivity index (χ2n) is 4.17. The Kier molecular flexibility index (Phi) is 7.01. The molecule has 20 heavy (non-hydrogen) atoms. The zero-order valence-electron chi connectivity index (χ0n) is 12.2. The first-order valence-corrected chi connectivity index (χ1v) is 7.22. The lowest BCUT2D eigenvalue weighted by Gasteiger charge is -2.21. The van der Waals surface area contributed by atoms with Crippen LogP contribution >= 0.6 is 12.2 Å². The Morgan fingerprint density at radius 1 is 1.25 bits per heavy atom. The van der Waals surface area contributed by atoms with Crippen molar-refractivity contribution in [3.05, 3.63) is 29.8 Å². The lowest BCUT2D eigenvalue weighted by atomic mass is 10.1. The number of benzene rings is 1. The van der Waals surface area contributed by atoms with Crippen molar-refractivity contribution in [2.45, 2.75) is 27.2 Å². The summed E-state index contributed by atoms with van der Waals surface area (Å²) in [5, 5.41) is 0.447. The first kappa shape index (κ1) is 16.4. The number of nitrogens with zero attached hydrogens (tertiary/aromatic N) is 1. The van der Waals surface area contributed by atoms with E-state index >= 15 is 0 Å². The third kappa shape index (κ3) is 5.17. The van der Waals surface area contributed by atoms with E-state index in [1.54, 1.807) is 6.92 Å². The zero-order chi connectivity index (χ0) is 15.0. The van der Waals surface area contributed by atoms with Gasteiger partial charge in [-0.25, -0.2) is 0 Å². The van der Waals surface area contributed by atoms with Gasteiger partial charge in [0.25, 0.3) is 5.17 Å². The standard InChI is InChI=1S/C15H21NO3S/c1-4-16(5-2)15(20)19-13-9-7-8-12(10-13)11-14(17)18-6-3/h7-10H,4-6,11H2,1-3H3. The Morgan fingerprint density at radius 2 is 1.95 bits per heavy atom. The highest BCUT2D eigenvalue weighted by molar-refractivity contribution is 7.80. The topological polar surface area (TPSA) is 38.8 Å². The van der Waals surface area contributed by atoms with Crippen LogP contribution in [0.1, 0.15) is 26.3 Å². The van der Waals surface area contributed by atoms with Gasteiger partial charge in [0.1, 0.15) is 5.75 Å². The molecule has 0 aliphatic heterocycles. The van der Waals surface area contributed by atoms with Gasteiger partial charge in [0.15, 0.2) is 0 Å². The van der Waals surface area contributed by atoms with Crippen LogP contribution < -0.4 is 4.74 Å². The summed E-state index contributed by atoms with van der Waals surface area (Å²) in [5.41, 5.74) is 0.850. The number of carbonyl (C=O) groups excluding carboxylic acids is 1. The number of hydrogen-bond donors (Lipinski definition) is 0. The summed E-state index contributed by atoms with van der Waals surface area (Å²) in [6, 6.07) is 7.34. The van der Waals surface area contributed by atoms with E-state index in [1.165, 1.54) is 0 Å². The van der Waals surface area contributed by atoms with Crippen molar-refractivity contribution < 1.29 is 14.3 Å². The minimum atomic E-state index is -0.240. The lowest BCUT2D eigenvalue weighted by Crippen LogP contribution is -2.32. The third-order valence-corrected chi connectivity index (χ3v) is 3.12. The highest BCUT2D eigenvalue weighted by Crippen LogP contribution is 2.15. The molecule has 1 aromatic rings. The molecule has 0 saturated carbocycles. The van der Waals surface area contributed by atoms with Crippen molar-refractivity contribution in [1.82, 2.24) is 4.90 Å². The van der Waals surface area contributed by atoms with E-state index in [-0.39, 0.29) is 12.4 Å². The van der Waals surface area contributed by atoms with Crippen LogP contribution in [0.5, 0.6) is 5.75 Å². The molecule has 0 spiro atoms. The second-order valence-corrected chi connectivity index (χ2v) is 4.52. The van der Waals surface area contributed by atoms with Gasteiger partial charge in [0, 0.05) is 13.1 Å². The smallest absolute Gasteiger partial charge is 0.310 e. The summed E-state index contributed by atoms with van der Waals surface area (Å²) < 4.78 is 10.6. The quantitative estimate of drug-likeness (QED) is 0.596. The highest BCUT2D eigenvalue weighted by atomic mass is 32.1. The van der Waals surface area contributed by atoms with E-state index < -0.39 is 0 Å². The van der Waals surface area contributed by atoms with Gasteiger partial charge in [-0.05, 0) is 50.7 Å². The first-order valence-electron chi connectivity index (χ1n) is 6.82. The summed E-state index contributed by atoms with van der Waals surface area (Å²) in [6.07, 6.45) is 0.239. The SMILES string of the molecule is CCOC(=O)Cc1cccc(OC(=S)N(CC)CC)c1. The largest absolute Gasteiger partial charge is 0.466 e. The van der Waals surface area contributed by atoms with Gasteiger partial charge in [-0.1, -0.05) is 12.1 Å². The molecule has 1 aromatic carbocycles. The molecular formula is C15H21NO3S. The van der Waals surface area contributed by atoms with Crippen LogP contribution in [0.4, 0.5) is 0 Å². The Morgan fingerprint density at radius 3 is 2.55 bits per heavy atom. The highest BCUT2D eigenvalue weighted by Gasteiger charge is 2.09. The fourth-order valence-corrected chi connectivity index (χ4v) is 2.10. The number of thiocarbonyl (C=S) groups is 1. The number of esters is 1. The molecule has 0 aromatic heterocycles. The molecular weight excluding hydrogens is 274 g/mol. The molecule has 0 amide bonds. The predicted octanol–water partition coefficient (Wildman–Crippen LogP) is 2.80. The maximum absolute atomic E-state index is 11.4. The summed E-state index contributed by atoms with van der Waals surface area (Å²) in [4.78, 5) is 13.4. The molecule has 1 rings (SSSR count). The molecule has 110 valence electrons. The van der Waals surface area contributed by atoms with E-state index in [4.69, 9.17) is 21.7 Å². The van der Waals surface area contributed by atoms with Crippen molar-refractivity contribution in [3.8, 4) is 5.75 Å². The minimum Gasteiger partial charge on any atom is -0.466 e. The fraction of sp³-hybridized carbons (Fsp3) is 0.467. The van der Waals surface area contributed by atoms with Gasteiger partial charge in [0.05, 0.1) is 13.0 Å². The van der Waals surface area contributed by atoms with Crippen molar-refractivity contribution in [2.24, 2.45) is 0 Å². The van der Waals surface area contributed by atoms with E-state index in [0.29, 0.717) is 17.5 Å². The lowest BCUT2D eigenvalue weighted by molar-refractivity contribution is -0.142. The van der Waals surface area contributed by atoms with E-state index in [1.807, 2.05) is 43.0 Å². The number of hydrogen-bond acceptors (Lipinski definition) is 4. The molecule has 0 radical (unpaired) electrons. The zero-order valence-corrected chi connectivity index (χ0v) is 13.0. The molecule has 0 bridgehead atoms. The van der Waals surface area contributed by atoms with Gasteiger partial charge in [-0.15, -0.1) is 0 Å². The van der Waals surface area contributed by atoms with Crippen molar-refractivity contribution in [3.63, 3.8) is 0 Å². The molecule has 0 aliphatic rings. The average molecular weight is 295 g/mol. The van der Waals surface area contributed by atoms with Crippen LogP contribution in [0, 0.1) is 0 Å². The van der Waals surface area contributed by atoms with Crippen LogP contribution in [-0.2, 0) is 16.0 Å². The van der Waals surface area contributed by atoms with Crippen molar-refractivity contribution >= 4 is 23.4 Å². The van der Waals surface area contributed by atoms with Crippen LogP contribution in [-0.4, -0.2) is 35.7 Å². The normalized spacial score (nSPS) is 9.95. The molecule has 0 saturated heterocycles. The maximum atomic E-state index is 11.4. The number of ether oxygens (including phenoxy) is 2. The van der Waals surface area contributed by atoms with E-state index in [0.717, 1.165) is 18.7 Å². The van der Waals surface area contributed by atoms with Crippen molar-refractivity contribution in [1.29, 1.82) is 0 Å². The van der Waals surface area contributed by atoms with E-state index in [9.17, 15) is 4.79 Å². The van der Waals surface area contributed by atoms with Crippen LogP contribution in [0.2, 0.25) is 0 Å². The van der Waals surface area contributed by atoms with Gasteiger partial charge >= 0.3 is 5.97 Å². The van der Waals surface area contributed by atoms with E-state index in [2.05, 4.69) is 0 Å². The molecule has 0 unspecified atom stereocenters. The van der Waals surface area contributed by atoms with Crippen LogP contribution in [0.15, 0.2) is 24.3 Å². The molecule has 0 N–H and O–H groups in total. The Balaban J connectivity index is 2.68. The number of rotatable bonds is 6. The Hall–Kier alpha value is -1.62. The van der Waals surface area contributed by atoms with Gasteiger partial charge < -0.3 is 14.4 Å². The van der Waals surface area contributed by atoms with Gasteiger partial charge in [-0.2, -0.15) is 0 Å². The molecule has 5 heteroatoms. The van der Waals surface area contributed by atoms with Gasteiger partial charge in [-0.3, -0.25) is 4.79 Å². The van der Waals surface area contributed by atoms with Crippen molar-refractivity contribution in [2.75, 3.05) is 19.7 Å². The van der Waals surface area contributed by atoms with Crippen LogP contribution in [0.25, 0.3) is 0 Å². The summed E-state index contributed by atoms with van der Waals surface area (Å²) in [5.74, 6) is 0.402. The van der Waals surface area contributed by atoms with Gasteiger partial charge in [0.2, 0.25) is 0 Å². The Bertz CT molecular complexity index is 458. The molecule has 0 heterocycles. The summed E-state index contributed by atoms with van der Waals surface area (Å²) in [6.45, 7) is 7.84. The molecule has 0 aliphatic carbocycles. The minimum absolute atomic E-state index is 0.239. The summed E-state index contributed by atoms with van der Waals surface area (Å²) >= 11 is 5.24. The summed E-state index contributed by atoms with van der Waals surface area (Å²) in [7, 11) is 0. The molecule has 0 fully saturated rings. The molecule has 4 nitrogen and oxygen atoms in total. The van der Waals surface area contributed by atoms with Crippen LogP contribution in [0.3, 0.4) is 0 Å². The molecule has 0 atom stereocenters. The second kappa shape index (κ2) is 8.53. The maximum Gasteiger partial charge on any atom is 0.310 e. The average Bonchev–Trinajstić information content (AvgIpc) is 2.40. The predicted molar refractivity (Wildman–Crippen MR) is 82.9 cm³/mol. The first-order chi connectivity index (χ1) is 9.60. The number of carbonyl (C=O) groups is 1.